The van der Waals surface area contributed by atoms with E-state index >= 15 is 0 Å². The molecule has 0 N–H and O–H groups in total. The van der Waals surface area contributed by atoms with Crippen LogP contribution in [0.15, 0.2) is 0 Å². The molecule has 0 aromatic heterocycles. The Hall–Kier alpha value is -1.06. The molecule has 0 bridgehead atoms. The monoisotopic (exact) mass is 300 g/mol. The molecule has 1 unspecified atom stereocenters. The van der Waals surface area contributed by atoms with E-state index in [1.807, 2.05) is 6.92 Å². The molecular formula is C17H32O4. The number of hydrogen-bond donors (Lipinski definition) is 0. The molecule has 0 radical (unpaired) electrons. The highest BCUT2D eigenvalue weighted by Crippen LogP contribution is 2.20. The van der Waals surface area contributed by atoms with Gasteiger partial charge in [-0.3, -0.25) is 9.59 Å². The number of carbonyl (C=O) groups is 2. The van der Waals surface area contributed by atoms with Gasteiger partial charge in [0.15, 0.2) is 0 Å². The normalized spacial score (nSPS) is 13.1. The van der Waals surface area contributed by atoms with E-state index < -0.39 is 0 Å². The van der Waals surface area contributed by atoms with E-state index in [1.54, 1.807) is 0 Å². The summed E-state index contributed by atoms with van der Waals surface area (Å²) in [5.74, 6) is 0.148. The van der Waals surface area contributed by atoms with E-state index in [9.17, 15) is 9.59 Å². The highest BCUT2D eigenvalue weighted by Gasteiger charge is 2.15. The van der Waals surface area contributed by atoms with Gasteiger partial charge in [-0.05, 0) is 31.1 Å². The van der Waals surface area contributed by atoms with E-state index in [2.05, 4.69) is 34.6 Å². The van der Waals surface area contributed by atoms with Crippen LogP contribution in [0, 0.1) is 11.3 Å². The first-order valence-electron chi connectivity index (χ1n) is 7.95. The molecule has 1 atom stereocenters. The van der Waals surface area contributed by atoms with Crippen LogP contribution in [-0.2, 0) is 19.1 Å². The van der Waals surface area contributed by atoms with Gasteiger partial charge in [-0.2, -0.15) is 0 Å². The fourth-order valence-corrected chi connectivity index (χ4v) is 1.64. The average molecular weight is 300 g/mol. The average Bonchev–Trinajstić information content (AvgIpc) is 2.33. The van der Waals surface area contributed by atoms with Crippen LogP contribution in [0.4, 0.5) is 0 Å². The zero-order valence-corrected chi connectivity index (χ0v) is 14.5. The van der Waals surface area contributed by atoms with E-state index in [4.69, 9.17) is 9.47 Å². The lowest BCUT2D eigenvalue weighted by atomic mass is 9.91. The predicted molar refractivity (Wildman–Crippen MR) is 83.9 cm³/mol. The Kier molecular flexibility index (Phi) is 9.31. The third kappa shape index (κ3) is 13.7. The minimum Gasteiger partial charge on any atom is -0.466 e. The molecule has 4 heteroatoms. The summed E-state index contributed by atoms with van der Waals surface area (Å²) in [6, 6.07) is 0. The van der Waals surface area contributed by atoms with Crippen molar-refractivity contribution in [1.82, 2.24) is 0 Å². The van der Waals surface area contributed by atoms with Crippen molar-refractivity contribution in [3.63, 3.8) is 0 Å². The van der Waals surface area contributed by atoms with Gasteiger partial charge in [0.05, 0.1) is 6.61 Å². The largest absolute Gasteiger partial charge is 0.466 e. The Balaban J connectivity index is 3.72. The smallest absolute Gasteiger partial charge is 0.306 e. The lowest BCUT2D eigenvalue weighted by Gasteiger charge is -2.17. The second-order valence-corrected chi connectivity index (χ2v) is 7.30. The Morgan fingerprint density at radius 2 is 1.57 bits per heavy atom. The maximum atomic E-state index is 11.5. The molecule has 0 saturated heterocycles. The number of esters is 2. The van der Waals surface area contributed by atoms with Crippen LogP contribution in [0.25, 0.3) is 0 Å². The summed E-state index contributed by atoms with van der Waals surface area (Å²) in [6.45, 7) is 12.6. The molecule has 0 aromatic carbocycles. The van der Waals surface area contributed by atoms with E-state index in [0.717, 1.165) is 12.8 Å². The predicted octanol–water partition coefficient (Wildman–Crippen LogP) is 4.11. The van der Waals surface area contributed by atoms with Gasteiger partial charge in [0, 0.05) is 19.3 Å². The van der Waals surface area contributed by atoms with Crippen LogP contribution in [0.5, 0.6) is 0 Å². The van der Waals surface area contributed by atoms with Crippen LogP contribution in [0.3, 0.4) is 0 Å². The van der Waals surface area contributed by atoms with Gasteiger partial charge in [0.25, 0.3) is 0 Å². The van der Waals surface area contributed by atoms with Gasteiger partial charge in [-0.15, -0.1) is 0 Å². The summed E-state index contributed by atoms with van der Waals surface area (Å²) < 4.78 is 10.4. The molecule has 0 fully saturated rings. The fourth-order valence-electron chi connectivity index (χ4n) is 1.64. The first-order chi connectivity index (χ1) is 9.60. The first-order valence-corrected chi connectivity index (χ1v) is 7.95. The van der Waals surface area contributed by atoms with Gasteiger partial charge in [0.2, 0.25) is 0 Å². The third-order valence-electron chi connectivity index (χ3n) is 3.12. The standard InChI is InChI=1S/C17H32O4/c1-13(2)7-8-16(19)21-14(3)10-12-20-15(18)9-11-17(4,5)6/h13-14H,7-12H2,1-6H3. The Morgan fingerprint density at radius 1 is 0.952 bits per heavy atom. The molecule has 21 heavy (non-hydrogen) atoms. The Labute approximate surface area is 129 Å². The van der Waals surface area contributed by atoms with Crippen molar-refractivity contribution in [2.75, 3.05) is 6.61 Å². The molecule has 4 nitrogen and oxygen atoms in total. The molecule has 0 rings (SSSR count). The van der Waals surface area contributed by atoms with E-state index in [0.29, 0.717) is 31.8 Å². The minimum atomic E-state index is -0.208. The molecule has 0 aromatic rings. The number of carbonyl (C=O) groups excluding carboxylic acids is 2. The quantitative estimate of drug-likeness (QED) is 0.601. The number of hydrogen-bond acceptors (Lipinski definition) is 4. The van der Waals surface area contributed by atoms with Gasteiger partial charge in [0.1, 0.15) is 6.10 Å². The second kappa shape index (κ2) is 9.80. The van der Waals surface area contributed by atoms with Crippen molar-refractivity contribution in [3.05, 3.63) is 0 Å². The van der Waals surface area contributed by atoms with Crippen LogP contribution in [0.2, 0.25) is 0 Å². The van der Waals surface area contributed by atoms with Crippen LogP contribution < -0.4 is 0 Å². The minimum absolute atomic E-state index is 0.137. The second-order valence-electron chi connectivity index (χ2n) is 7.30. The summed E-state index contributed by atoms with van der Waals surface area (Å²) in [5.41, 5.74) is 0.137. The van der Waals surface area contributed by atoms with E-state index in [1.165, 1.54) is 0 Å². The molecule has 0 aliphatic heterocycles. The first kappa shape index (κ1) is 19.9. The lowest BCUT2D eigenvalue weighted by Crippen LogP contribution is -2.19. The maximum absolute atomic E-state index is 11.5. The van der Waals surface area contributed by atoms with Crippen LogP contribution >= 0.6 is 0 Å². The Bertz CT molecular complexity index is 315. The summed E-state index contributed by atoms with van der Waals surface area (Å²) in [7, 11) is 0. The Morgan fingerprint density at radius 3 is 2.10 bits per heavy atom. The summed E-state index contributed by atoms with van der Waals surface area (Å²) >= 11 is 0. The van der Waals surface area contributed by atoms with Gasteiger partial charge >= 0.3 is 11.9 Å². The molecule has 0 aliphatic carbocycles. The van der Waals surface area contributed by atoms with Gasteiger partial charge < -0.3 is 9.47 Å². The maximum Gasteiger partial charge on any atom is 0.306 e. The molecule has 0 heterocycles. The van der Waals surface area contributed by atoms with Crippen molar-refractivity contribution in [2.45, 2.75) is 79.8 Å². The summed E-state index contributed by atoms with van der Waals surface area (Å²) in [4.78, 5) is 23.1. The molecule has 0 amide bonds. The van der Waals surface area contributed by atoms with Gasteiger partial charge in [-0.1, -0.05) is 34.6 Å². The summed E-state index contributed by atoms with van der Waals surface area (Å²) in [6.07, 6.45) is 2.88. The number of rotatable bonds is 9. The fraction of sp³-hybridized carbons (Fsp3) is 0.882. The zero-order chi connectivity index (χ0) is 16.5. The van der Waals surface area contributed by atoms with Crippen LogP contribution in [0.1, 0.15) is 73.6 Å². The highest BCUT2D eigenvalue weighted by atomic mass is 16.6. The summed E-state index contributed by atoms with van der Waals surface area (Å²) in [5, 5.41) is 0. The molecule has 124 valence electrons. The van der Waals surface area contributed by atoms with E-state index in [-0.39, 0.29) is 23.5 Å². The third-order valence-corrected chi connectivity index (χ3v) is 3.12. The van der Waals surface area contributed by atoms with Crippen molar-refractivity contribution in [1.29, 1.82) is 0 Å². The lowest BCUT2D eigenvalue weighted by molar-refractivity contribution is -0.150. The molecular weight excluding hydrogens is 268 g/mol. The zero-order valence-electron chi connectivity index (χ0n) is 14.5. The molecule has 0 aliphatic rings. The number of ether oxygens (including phenoxy) is 2. The van der Waals surface area contributed by atoms with Crippen LogP contribution in [-0.4, -0.2) is 24.6 Å². The molecule has 0 saturated carbocycles. The van der Waals surface area contributed by atoms with Crippen molar-refractivity contribution in [3.8, 4) is 0 Å². The van der Waals surface area contributed by atoms with Crippen molar-refractivity contribution < 1.29 is 19.1 Å². The topological polar surface area (TPSA) is 52.6 Å². The SMILES string of the molecule is CC(C)CCC(=O)OC(C)CCOC(=O)CCC(C)(C)C. The molecule has 0 spiro atoms. The van der Waals surface area contributed by atoms with Crippen molar-refractivity contribution >= 4 is 11.9 Å². The highest BCUT2D eigenvalue weighted by molar-refractivity contribution is 5.70. The van der Waals surface area contributed by atoms with Gasteiger partial charge in [-0.25, -0.2) is 0 Å². The van der Waals surface area contributed by atoms with Crippen molar-refractivity contribution in [2.24, 2.45) is 11.3 Å².